The van der Waals surface area contributed by atoms with E-state index in [9.17, 15) is 4.39 Å². The highest BCUT2D eigenvalue weighted by molar-refractivity contribution is 5.29. The lowest BCUT2D eigenvalue weighted by atomic mass is 10.0. The summed E-state index contributed by atoms with van der Waals surface area (Å²) in [4.78, 5) is 4.13. The summed E-state index contributed by atoms with van der Waals surface area (Å²) in [5.74, 6) is 0.864. The summed E-state index contributed by atoms with van der Waals surface area (Å²) in [6.07, 6.45) is 5.18. The zero-order valence-electron chi connectivity index (χ0n) is 12.6. The molecule has 4 nitrogen and oxygen atoms in total. The van der Waals surface area contributed by atoms with E-state index in [-0.39, 0.29) is 17.6 Å². The van der Waals surface area contributed by atoms with Crippen molar-refractivity contribution in [1.82, 2.24) is 9.55 Å². The van der Waals surface area contributed by atoms with Crippen LogP contribution in [0.4, 0.5) is 4.39 Å². The van der Waals surface area contributed by atoms with Crippen LogP contribution in [0.5, 0.6) is 5.75 Å². The van der Waals surface area contributed by atoms with Gasteiger partial charge in [0.2, 0.25) is 0 Å². The number of aryl methyl sites for hydroxylation is 1. The highest BCUT2D eigenvalue weighted by atomic mass is 19.1. The third kappa shape index (κ3) is 4.29. The molecule has 2 aromatic rings. The minimum absolute atomic E-state index is 0.0698. The molecule has 0 saturated heterocycles. The number of aromatic nitrogens is 2. The van der Waals surface area contributed by atoms with Gasteiger partial charge in [0.1, 0.15) is 12.4 Å². The van der Waals surface area contributed by atoms with Gasteiger partial charge in [0.15, 0.2) is 11.6 Å². The first-order chi connectivity index (χ1) is 10.1. The topological polar surface area (TPSA) is 53.1 Å². The Morgan fingerprint density at radius 3 is 2.86 bits per heavy atom. The first kappa shape index (κ1) is 15.5. The van der Waals surface area contributed by atoms with E-state index in [0.717, 1.165) is 17.8 Å². The second-order valence-corrected chi connectivity index (χ2v) is 5.15. The number of ether oxygens (including phenoxy) is 1. The zero-order chi connectivity index (χ0) is 15.2. The van der Waals surface area contributed by atoms with Crippen LogP contribution in [0.25, 0.3) is 0 Å². The van der Waals surface area contributed by atoms with Crippen molar-refractivity contribution in [2.24, 2.45) is 5.73 Å². The van der Waals surface area contributed by atoms with Gasteiger partial charge in [-0.1, -0.05) is 13.0 Å². The van der Waals surface area contributed by atoms with Crippen LogP contribution in [-0.4, -0.2) is 22.2 Å². The molecule has 1 aromatic heterocycles. The first-order valence-electron chi connectivity index (χ1n) is 7.24. The van der Waals surface area contributed by atoms with Crippen LogP contribution in [0.2, 0.25) is 0 Å². The first-order valence-corrected chi connectivity index (χ1v) is 7.24. The molecule has 0 aliphatic heterocycles. The van der Waals surface area contributed by atoms with Crippen LogP contribution >= 0.6 is 0 Å². The molecule has 2 N–H and O–H groups in total. The summed E-state index contributed by atoms with van der Waals surface area (Å²) in [7, 11) is 0. The largest absolute Gasteiger partial charge is 0.489 e. The molecule has 1 heterocycles. The molecule has 21 heavy (non-hydrogen) atoms. The summed E-state index contributed by atoms with van der Waals surface area (Å²) < 4.78 is 21.4. The third-order valence-electron chi connectivity index (χ3n) is 3.53. The average molecular weight is 291 g/mol. The fourth-order valence-corrected chi connectivity index (χ4v) is 2.13. The number of hydrogen-bond acceptors (Lipinski definition) is 3. The van der Waals surface area contributed by atoms with E-state index in [2.05, 4.69) is 4.98 Å². The maximum Gasteiger partial charge on any atom is 0.165 e. The molecule has 114 valence electrons. The molecule has 0 aliphatic carbocycles. The molecular formula is C16H22FN3O. The molecule has 2 rings (SSSR count). The lowest BCUT2D eigenvalue weighted by molar-refractivity contribution is 0.283. The third-order valence-corrected chi connectivity index (χ3v) is 3.53. The van der Waals surface area contributed by atoms with Gasteiger partial charge >= 0.3 is 0 Å². The Balaban J connectivity index is 1.90. The molecule has 0 amide bonds. The number of hydrogen-bond donors (Lipinski definition) is 1. The minimum Gasteiger partial charge on any atom is -0.489 e. The Hall–Kier alpha value is -1.88. The highest BCUT2D eigenvalue weighted by Crippen LogP contribution is 2.19. The van der Waals surface area contributed by atoms with Gasteiger partial charge in [-0.25, -0.2) is 9.37 Å². The van der Waals surface area contributed by atoms with Crippen molar-refractivity contribution in [3.05, 3.63) is 47.8 Å². The Labute approximate surface area is 124 Å². The summed E-state index contributed by atoms with van der Waals surface area (Å²) in [6, 6.07) is 5.12. The fraction of sp³-hybridized carbons (Fsp3) is 0.438. The van der Waals surface area contributed by atoms with Gasteiger partial charge in [-0.2, -0.15) is 0 Å². The van der Waals surface area contributed by atoms with Crippen LogP contribution in [0.1, 0.15) is 24.7 Å². The lowest BCUT2D eigenvalue weighted by Gasteiger charge is -2.12. The van der Waals surface area contributed by atoms with Crippen molar-refractivity contribution in [3.8, 4) is 5.75 Å². The molecule has 1 unspecified atom stereocenters. The van der Waals surface area contributed by atoms with Crippen molar-refractivity contribution in [2.75, 3.05) is 6.61 Å². The maximum atomic E-state index is 14.0. The Kier molecular flexibility index (Phi) is 5.33. The number of rotatable bonds is 7. The van der Waals surface area contributed by atoms with Crippen LogP contribution in [0.15, 0.2) is 30.6 Å². The Bertz CT molecular complexity index is 583. The second kappa shape index (κ2) is 7.22. The van der Waals surface area contributed by atoms with E-state index in [1.54, 1.807) is 12.3 Å². The van der Waals surface area contributed by atoms with Crippen molar-refractivity contribution >= 4 is 0 Å². The Morgan fingerprint density at radius 1 is 1.43 bits per heavy atom. The summed E-state index contributed by atoms with van der Waals surface area (Å²) in [6.45, 7) is 5.00. The fourth-order valence-electron chi connectivity index (χ4n) is 2.13. The average Bonchev–Trinajstić information content (AvgIpc) is 2.86. The van der Waals surface area contributed by atoms with Crippen molar-refractivity contribution < 1.29 is 9.13 Å². The van der Waals surface area contributed by atoms with E-state index in [0.29, 0.717) is 19.6 Å². The number of halogens is 1. The van der Waals surface area contributed by atoms with Gasteiger partial charge in [-0.15, -0.1) is 0 Å². The number of nitrogens with two attached hydrogens (primary N) is 1. The number of nitrogens with zero attached hydrogens (tertiary/aromatic N) is 2. The van der Waals surface area contributed by atoms with Crippen molar-refractivity contribution in [1.29, 1.82) is 0 Å². The van der Waals surface area contributed by atoms with Gasteiger partial charge < -0.3 is 15.0 Å². The smallest absolute Gasteiger partial charge is 0.165 e. The van der Waals surface area contributed by atoms with E-state index in [1.807, 2.05) is 30.7 Å². The monoisotopic (exact) mass is 291 g/mol. The molecule has 0 saturated carbocycles. The van der Waals surface area contributed by atoms with Gasteiger partial charge in [0, 0.05) is 18.4 Å². The van der Waals surface area contributed by atoms with Crippen LogP contribution < -0.4 is 10.5 Å². The van der Waals surface area contributed by atoms with Crippen molar-refractivity contribution in [3.63, 3.8) is 0 Å². The van der Waals surface area contributed by atoms with Crippen LogP contribution in [0, 0.1) is 12.7 Å². The lowest BCUT2D eigenvalue weighted by Crippen LogP contribution is -2.21. The van der Waals surface area contributed by atoms with Crippen molar-refractivity contribution in [2.45, 2.75) is 39.3 Å². The molecular weight excluding hydrogens is 269 g/mol. The minimum atomic E-state index is -0.335. The zero-order valence-corrected chi connectivity index (χ0v) is 12.6. The van der Waals surface area contributed by atoms with E-state index in [1.165, 1.54) is 6.07 Å². The molecule has 5 heteroatoms. The van der Waals surface area contributed by atoms with Gasteiger partial charge in [-0.3, -0.25) is 0 Å². The van der Waals surface area contributed by atoms with E-state index >= 15 is 0 Å². The molecule has 0 aliphatic rings. The molecule has 0 fully saturated rings. The number of imidazole rings is 1. The summed E-state index contributed by atoms with van der Waals surface area (Å²) >= 11 is 0. The molecule has 0 radical (unpaired) electrons. The maximum absolute atomic E-state index is 14.0. The summed E-state index contributed by atoms with van der Waals surface area (Å²) in [5.41, 5.74) is 6.78. The molecule has 0 spiro atoms. The standard InChI is InChI=1S/C16H22FN3O/c1-3-14(18)10-13-4-5-16(15(17)11-13)21-9-8-20-7-6-19-12(20)2/h4-7,11,14H,3,8-10,18H2,1-2H3. The van der Waals surface area contributed by atoms with Crippen LogP contribution in [0.3, 0.4) is 0 Å². The SMILES string of the molecule is CCC(N)Cc1ccc(OCCn2ccnc2C)c(F)c1. The quantitative estimate of drug-likeness (QED) is 0.853. The van der Waals surface area contributed by atoms with Gasteiger partial charge in [-0.05, 0) is 37.5 Å². The molecule has 1 atom stereocenters. The number of benzene rings is 1. The molecule has 0 bridgehead atoms. The van der Waals surface area contributed by atoms with Gasteiger partial charge in [0.25, 0.3) is 0 Å². The second-order valence-electron chi connectivity index (χ2n) is 5.15. The highest BCUT2D eigenvalue weighted by Gasteiger charge is 2.07. The molecule has 1 aromatic carbocycles. The van der Waals surface area contributed by atoms with E-state index in [4.69, 9.17) is 10.5 Å². The van der Waals surface area contributed by atoms with Gasteiger partial charge in [0.05, 0.1) is 6.54 Å². The predicted octanol–water partition coefficient (Wildman–Crippen LogP) is 2.69. The summed E-state index contributed by atoms with van der Waals surface area (Å²) in [5, 5.41) is 0. The normalized spacial score (nSPS) is 12.4. The van der Waals surface area contributed by atoms with Crippen LogP contribution in [-0.2, 0) is 13.0 Å². The Morgan fingerprint density at radius 2 is 2.24 bits per heavy atom. The predicted molar refractivity (Wildman–Crippen MR) is 80.8 cm³/mol. The van der Waals surface area contributed by atoms with E-state index < -0.39 is 0 Å².